The minimum atomic E-state index is -0.732. The van der Waals surface area contributed by atoms with Crippen molar-refractivity contribution in [2.24, 2.45) is 0 Å². The van der Waals surface area contributed by atoms with Crippen molar-refractivity contribution in [2.75, 3.05) is 26.8 Å². The monoisotopic (exact) mass is 199 g/mol. The number of methoxy groups -OCH3 is 1. The summed E-state index contributed by atoms with van der Waals surface area (Å²) >= 11 is 0. The van der Waals surface area contributed by atoms with Gasteiger partial charge in [-0.05, 0) is 12.8 Å². The SMILES string of the molecule is COCCCC(C(=O)O)N1CC=CC1. The molecule has 1 unspecified atom stereocenters. The van der Waals surface area contributed by atoms with Crippen molar-refractivity contribution in [3.05, 3.63) is 12.2 Å². The number of hydrogen-bond donors (Lipinski definition) is 1. The van der Waals surface area contributed by atoms with Crippen LogP contribution in [0.3, 0.4) is 0 Å². The van der Waals surface area contributed by atoms with Crippen LogP contribution < -0.4 is 0 Å². The number of aliphatic carboxylic acids is 1. The highest BCUT2D eigenvalue weighted by Gasteiger charge is 2.24. The van der Waals surface area contributed by atoms with Gasteiger partial charge in [0.05, 0.1) is 0 Å². The Morgan fingerprint density at radius 2 is 2.21 bits per heavy atom. The third-order valence-corrected chi connectivity index (χ3v) is 2.40. The number of nitrogens with zero attached hydrogens (tertiary/aromatic N) is 1. The van der Waals surface area contributed by atoms with E-state index in [4.69, 9.17) is 9.84 Å². The summed E-state index contributed by atoms with van der Waals surface area (Å²) < 4.78 is 4.91. The van der Waals surface area contributed by atoms with Crippen molar-refractivity contribution < 1.29 is 14.6 Å². The fourth-order valence-corrected chi connectivity index (χ4v) is 1.63. The molecule has 0 radical (unpaired) electrons. The molecule has 0 saturated carbocycles. The smallest absolute Gasteiger partial charge is 0.320 e. The normalized spacial score (nSPS) is 18.6. The second-order valence-electron chi connectivity index (χ2n) is 3.41. The van der Waals surface area contributed by atoms with Crippen molar-refractivity contribution in [3.8, 4) is 0 Å². The van der Waals surface area contributed by atoms with E-state index in [1.54, 1.807) is 7.11 Å². The van der Waals surface area contributed by atoms with Gasteiger partial charge in [-0.15, -0.1) is 0 Å². The molecule has 0 amide bonds. The van der Waals surface area contributed by atoms with E-state index in [1.807, 2.05) is 17.1 Å². The molecule has 0 aliphatic carbocycles. The molecule has 0 saturated heterocycles. The molecule has 1 heterocycles. The lowest BCUT2D eigenvalue weighted by Gasteiger charge is -2.23. The Morgan fingerprint density at radius 1 is 1.57 bits per heavy atom. The zero-order chi connectivity index (χ0) is 10.4. The van der Waals surface area contributed by atoms with Gasteiger partial charge in [0.1, 0.15) is 6.04 Å². The van der Waals surface area contributed by atoms with Crippen molar-refractivity contribution in [3.63, 3.8) is 0 Å². The molecule has 4 nitrogen and oxygen atoms in total. The molecule has 1 aliphatic rings. The molecule has 0 aromatic heterocycles. The second kappa shape index (κ2) is 5.78. The van der Waals surface area contributed by atoms with Crippen LogP contribution in [-0.4, -0.2) is 48.8 Å². The molecule has 14 heavy (non-hydrogen) atoms. The Morgan fingerprint density at radius 3 is 2.71 bits per heavy atom. The summed E-state index contributed by atoms with van der Waals surface area (Å²) in [5.41, 5.74) is 0. The third-order valence-electron chi connectivity index (χ3n) is 2.40. The number of carboxylic acid groups (broad SMARTS) is 1. The Hall–Kier alpha value is -0.870. The maximum absolute atomic E-state index is 11.0. The molecule has 0 spiro atoms. The van der Waals surface area contributed by atoms with E-state index in [0.717, 1.165) is 19.5 Å². The van der Waals surface area contributed by atoms with Gasteiger partial charge < -0.3 is 9.84 Å². The standard InChI is InChI=1S/C10H17NO3/c1-14-8-4-5-9(10(12)13)11-6-2-3-7-11/h2-3,9H,4-8H2,1H3,(H,12,13). The fourth-order valence-electron chi connectivity index (χ4n) is 1.63. The molecular formula is C10H17NO3. The van der Waals surface area contributed by atoms with Crippen molar-refractivity contribution in [1.29, 1.82) is 0 Å². The molecule has 0 fully saturated rings. The van der Waals surface area contributed by atoms with E-state index in [0.29, 0.717) is 13.0 Å². The first-order chi connectivity index (χ1) is 6.75. The van der Waals surface area contributed by atoms with E-state index >= 15 is 0 Å². The number of carboxylic acids is 1. The van der Waals surface area contributed by atoms with Crippen LogP contribution >= 0.6 is 0 Å². The number of carbonyl (C=O) groups is 1. The Bertz CT molecular complexity index is 207. The summed E-state index contributed by atoms with van der Waals surface area (Å²) in [6, 6.07) is -0.361. The first-order valence-corrected chi connectivity index (χ1v) is 4.86. The van der Waals surface area contributed by atoms with Gasteiger partial charge in [-0.25, -0.2) is 0 Å². The van der Waals surface area contributed by atoms with Gasteiger partial charge >= 0.3 is 5.97 Å². The quantitative estimate of drug-likeness (QED) is 0.506. The van der Waals surface area contributed by atoms with Crippen LogP contribution in [0.5, 0.6) is 0 Å². The second-order valence-corrected chi connectivity index (χ2v) is 3.41. The van der Waals surface area contributed by atoms with Crippen LogP contribution in [0.4, 0.5) is 0 Å². The van der Waals surface area contributed by atoms with Crippen LogP contribution in [0.15, 0.2) is 12.2 Å². The van der Waals surface area contributed by atoms with Gasteiger partial charge in [0.15, 0.2) is 0 Å². The lowest BCUT2D eigenvalue weighted by Crippen LogP contribution is -2.39. The average Bonchev–Trinajstić information content (AvgIpc) is 2.64. The molecule has 0 bridgehead atoms. The first kappa shape index (κ1) is 11.2. The van der Waals surface area contributed by atoms with Gasteiger partial charge in [0, 0.05) is 26.8 Å². The molecule has 80 valence electrons. The topological polar surface area (TPSA) is 49.8 Å². The Kier molecular flexibility index (Phi) is 4.62. The molecule has 1 atom stereocenters. The van der Waals surface area contributed by atoms with E-state index in [1.165, 1.54) is 0 Å². The van der Waals surface area contributed by atoms with Crippen LogP contribution in [0.1, 0.15) is 12.8 Å². The molecule has 1 rings (SSSR count). The van der Waals surface area contributed by atoms with Gasteiger partial charge in [0.2, 0.25) is 0 Å². The highest BCUT2D eigenvalue weighted by Crippen LogP contribution is 2.11. The van der Waals surface area contributed by atoms with Gasteiger partial charge in [-0.3, -0.25) is 9.69 Å². The molecule has 0 aromatic carbocycles. The predicted molar refractivity (Wildman–Crippen MR) is 53.2 cm³/mol. The van der Waals surface area contributed by atoms with Crippen molar-refractivity contribution in [2.45, 2.75) is 18.9 Å². The van der Waals surface area contributed by atoms with Gasteiger partial charge in [-0.1, -0.05) is 12.2 Å². The number of rotatable bonds is 6. The maximum Gasteiger partial charge on any atom is 0.320 e. The maximum atomic E-state index is 11.0. The van der Waals surface area contributed by atoms with Crippen LogP contribution in [0.2, 0.25) is 0 Å². The summed E-state index contributed by atoms with van der Waals surface area (Å²) in [7, 11) is 1.63. The lowest BCUT2D eigenvalue weighted by molar-refractivity contribution is -0.143. The molecule has 4 heteroatoms. The molecular weight excluding hydrogens is 182 g/mol. The summed E-state index contributed by atoms with van der Waals surface area (Å²) in [5, 5.41) is 9.02. The van der Waals surface area contributed by atoms with E-state index < -0.39 is 5.97 Å². The van der Waals surface area contributed by atoms with E-state index in [9.17, 15) is 4.79 Å². The highest BCUT2D eigenvalue weighted by atomic mass is 16.5. The number of hydrogen-bond acceptors (Lipinski definition) is 3. The van der Waals surface area contributed by atoms with Crippen molar-refractivity contribution >= 4 is 5.97 Å². The number of ether oxygens (including phenoxy) is 1. The Balaban J connectivity index is 2.35. The summed E-state index contributed by atoms with van der Waals surface area (Å²) in [4.78, 5) is 12.9. The summed E-state index contributed by atoms with van der Waals surface area (Å²) in [5.74, 6) is -0.732. The van der Waals surface area contributed by atoms with E-state index in [-0.39, 0.29) is 6.04 Å². The minimum Gasteiger partial charge on any atom is -0.480 e. The zero-order valence-electron chi connectivity index (χ0n) is 8.48. The van der Waals surface area contributed by atoms with Gasteiger partial charge in [-0.2, -0.15) is 0 Å². The average molecular weight is 199 g/mol. The predicted octanol–water partition coefficient (Wildman–Crippen LogP) is 0.738. The Labute approximate surface area is 84.2 Å². The van der Waals surface area contributed by atoms with E-state index in [2.05, 4.69) is 0 Å². The first-order valence-electron chi connectivity index (χ1n) is 4.86. The van der Waals surface area contributed by atoms with Crippen LogP contribution in [0.25, 0.3) is 0 Å². The largest absolute Gasteiger partial charge is 0.480 e. The third kappa shape index (κ3) is 3.12. The van der Waals surface area contributed by atoms with Gasteiger partial charge in [0.25, 0.3) is 0 Å². The highest BCUT2D eigenvalue weighted by molar-refractivity contribution is 5.73. The van der Waals surface area contributed by atoms with Crippen molar-refractivity contribution in [1.82, 2.24) is 4.90 Å². The molecule has 0 aromatic rings. The summed E-state index contributed by atoms with van der Waals surface area (Å²) in [6.07, 6.45) is 5.47. The lowest BCUT2D eigenvalue weighted by atomic mass is 10.1. The van der Waals surface area contributed by atoms with Crippen LogP contribution in [-0.2, 0) is 9.53 Å². The zero-order valence-corrected chi connectivity index (χ0v) is 8.48. The minimum absolute atomic E-state index is 0.361. The fraction of sp³-hybridized carbons (Fsp3) is 0.700. The van der Waals surface area contributed by atoms with Crippen LogP contribution in [0, 0.1) is 0 Å². The summed E-state index contributed by atoms with van der Waals surface area (Å²) in [6.45, 7) is 2.14. The molecule has 1 aliphatic heterocycles. The molecule has 1 N–H and O–H groups in total.